The zero-order valence-electron chi connectivity index (χ0n) is 12.4. The molecule has 1 amide bonds. The Morgan fingerprint density at radius 3 is 2.75 bits per heavy atom. The highest BCUT2D eigenvalue weighted by molar-refractivity contribution is 6.31. The van der Waals surface area contributed by atoms with Gasteiger partial charge in [-0.3, -0.25) is 4.79 Å². The van der Waals surface area contributed by atoms with Gasteiger partial charge in [-0.15, -0.1) is 0 Å². The summed E-state index contributed by atoms with van der Waals surface area (Å²) in [4.78, 5) is 12.0. The molecule has 4 heteroatoms. The Kier molecular flexibility index (Phi) is 5.06. The van der Waals surface area contributed by atoms with E-state index in [1.165, 1.54) is 6.42 Å². The molecule has 20 heavy (non-hydrogen) atoms. The molecule has 1 aliphatic rings. The third-order valence-corrected chi connectivity index (χ3v) is 4.70. The van der Waals surface area contributed by atoms with Gasteiger partial charge in [0.25, 0.3) is 0 Å². The number of hydrogen-bond donors (Lipinski definition) is 2. The minimum absolute atomic E-state index is 0.0119. The maximum absolute atomic E-state index is 12.0. The normalized spacial score (nSPS) is 25.7. The van der Waals surface area contributed by atoms with E-state index in [0.29, 0.717) is 23.5 Å². The second-order valence-corrected chi connectivity index (χ2v) is 6.35. The number of benzene rings is 1. The largest absolute Gasteiger partial charge is 0.325 e. The van der Waals surface area contributed by atoms with E-state index in [1.54, 1.807) is 6.07 Å². The molecule has 0 aliphatic heterocycles. The monoisotopic (exact) mass is 294 g/mol. The molecule has 1 aliphatic carbocycles. The average Bonchev–Trinajstić information content (AvgIpc) is 2.72. The van der Waals surface area contributed by atoms with Crippen LogP contribution < -0.4 is 10.6 Å². The third kappa shape index (κ3) is 3.74. The van der Waals surface area contributed by atoms with Crippen LogP contribution >= 0.6 is 11.6 Å². The van der Waals surface area contributed by atoms with Crippen LogP contribution in [-0.4, -0.2) is 18.5 Å². The van der Waals surface area contributed by atoms with Gasteiger partial charge in [0.15, 0.2) is 0 Å². The first kappa shape index (κ1) is 15.3. The van der Waals surface area contributed by atoms with E-state index < -0.39 is 0 Å². The van der Waals surface area contributed by atoms with Gasteiger partial charge in [-0.05, 0) is 49.3 Å². The fourth-order valence-corrected chi connectivity index (χ4v) is 2.97. The maximum atomic E-state index is 12.0. The molecule has 0 saturated heterocycles. The molecule has 0 radical (unpaired) electrons. The van der Waals surface area contributed by atoms with Crippen molar-refractivity contribution in [2.24, 2.45) is 11.8 Å². The van der Waals surface area contributed by atoms with Crippen LogP contribution in [0.15, 0.2) is 18.2 Å². The summed E-state index contributed by atoms with van der Waals surface area (Å²) in [6.07, 6.45) is 2.40. The summed E-state index contributed by atoms with van der Waals surface area (Å²) < 4.78 is 0. The molecule has 0 spiro atoms. The summed E-state index contributed by atoms with van der Waals surface area (Å²) >= 11 is 5.95. The van der Waals surface area contributed by atoms with Gasteiger partial charge >= 0.3 is 0 Å². The molecule has 3 unspecified atom stereocenters. The lowest BCUT2D eigenvalue weighted by molar-refractivity contribution is -0.115. The highest BCUT2D eigenvalue weighted by Crippen LogP contribution is 2.30. The quantitative estimate of drug-likeness (QED) is 0.890. The molecule has 2 N–H and O–H groups in total. The molecule has 0 aromatic heterocycles. The topological polar surface area (TPSA) is 41.1 Å². The first-order chi connectivity index (χ1) is 9.47. The van der Waals surface area contributed by atoms with Crippen molar-refractivity contribution >= 4 is 23.2 Å². The molecule has 0 heterocycles. The lowest BCUT2D eigenvalue weighted by atomic mass is 9.98. The molecule has 0 bridgehead atoms. The fourth-order valence-electron chi connectivity index (χ4n) is 2.80. The van der Waals surface area contributed by atoms with Crippen molar-refractivity contribution in [1.82, 2.24) is 5.32 Å². The van der Waals surface area contributed by atoms with Crippen molar-refractivity contribution in [1.29, 1.82) is 0 Å². The molecule has 3 nitrogen and oxygen atoms in total. The van der Waals surface area contributed by atoms with Crippen LogP contribution in [0.4, 0.5) is 5.69 Å². The molecule has 1 aromatic rings. The fraction of sp³-hybridized carbons (Fsp3) is 0.562. The number of carbonyl (C=O) groups excluding carboxylic acids is 1. The molecule has 2 rings (SSSR count). The maximum Gasteiger partial charge on any atom is 0.238 e. The lowest BCUT2D eigenvalue weighted by Crippen LogP contribution is -2.38. The van der Waals surface area contributed by atoms with Crippen LogP contribution in [0.2, 0.25) is 5.02 Å². The summed E-state index contributed by atoms with van der Waals surface area (Å²) in [5.74, 6) is 1.36. The van der Waals surface area contributed by atoms with Gasteiger partial charge in [-0.1, -0.05) is 31.5 Å². The Bertz CT molecular complexity index is 489. The highest BCUT2D eigenvalue weighted by atomic mass is 35.5. The van der Waals surface area contributed by atoms with Crippen LogP contribution in [0.1, 0.15) is 32.3 Å². The zero-order chi connectivity index (χ0) is 14.7. The first-order valence-corrected chi connectivity index (χ1v) is 7.64. The molecular weight excluding hydrogens is 272 g/mol. The SMILES string of the molecule is Cc1ccc(Cl)cc1NC(=O)CNC1CCC(C)C1C. The van der Waals surface area contributed by atoms with Gasteiger partial charge < -0.3 is 10.6 Å². The van der Waals surface area contributed by atoms with Gasteiger partial charge in [0.1, 0.15) is 0 Å². The Morgan fingerprint density at radius 2 is 2.10 bits per heavy atom. The standard InChI is InChI=1S/C16H23ClN2O/c1-10-5-7-14(12(10)3)18-9-16(20)19-15-8-13(17)6-4-11(15)2/h4,6,8,10,12,14,18H,5,7,9H2,1-3H3,(H,19,20). The van der Waals surface area contributed by atoms with Crippen molar-refractivity contribution in [3.63, 3.8) is 0 Å². The van der Waals surface area contributed by atoms with Crippen molar-refractivity contribution in [3.05, 3.63) is 28.8 Å². The van der Waals surface area contributed by atoms with Gasteiger partial charge in [0.2, 0.25) is 5.91 Å². The molecule has 3 atom stereocenters. The smallest absolute Gasteiger partial charge is 0.238 e. The second-order valence-electron chi connectivity index (χ2n) is 5.91. The molecule has 110 valence electrons. The number of amides is 1. The first-order valence-electron chi connectivity index (χ1n) is 7.26. The van der Waals surface area contributed by atoms with Crippen molar-refractivity contribution in [3.8, 4) is 0 Å². The summed E-state index contributed by atoms with van der Waals surface area (Å²) in [6.45, 7) is 6.85. The molecule has 1 fully saturated rings. The minimum Gasteiger partial charge on any atom is -0.325 e. The van der Waals surface area contributed by atoms with E-state index in [0.717, 1.165) is 23.6 Å². The number of halogens is 1. The summed E-state index contributed by atoms with van der Waals surface area (Å²) in [7, 11) is 0. The Morgan fingerprint density at radius 1 is 1.35 bits per heavy atom. The van der Waals surface area contributed by atoms with Crippen molar-refractivity contribution < 1.29 is 4.79 Å². The predicted molar refractivity (Wildman–Crippen MR) is 84.2 cm³/mol. The zero-order valence-corrected chi connectivity index (χ0v) is 13.1. The highest BCUT2D eigenvalue weighted by Gasteiger charge is 2.29. The van der Waals surface area contributed by atoms with Gasteiger partial charge in [-0.25, -0.2) is 0 Å². The van der Waals surface area contributed by atoms with Crippen LogP contribution in [0, 0.1) is 18.8 Å². The molecule has 1 aromatic carbocycles. The lowest BCUT2D eigenvalue weighted by Gasteiger charge is -2.19. The minimum atomic E-state index is -0.0119. The van der Waals surface area contributed by atoms with Crippen molar-refractivity contribution in [2.45, 2.75) is 39.7 Å². The van der Waals surface area contributed by atoms with E-state index in [1.807, 2.05) is 19.1 Å². The van der Waals surface area contributed by atoms with Crippen LogP contribution in [0.3, 0.4) is 0 Å². The summed E-state index contributed by atoms with van der Waals surface area (Å²) in [5.41, 5.74) is 1.81. The van der Waals surface area contributed by atoms with Crippen LogP contribution in [0.5, 0.6) is 0 Å². The number of nitrogens with one attached hydrogen (secondary N) is 2. The molecular formula is C16H23ClN2O. The summed E-state index contributed by atoms with van der Waals surface area (Å²) in [5, 5.41) is 6.92. The Labute approximate surface area is 126 Å². The van der Waals surface area contributed by atoms with Gasteiger partial charge in [-0.2, -0.15) is 0 Å². The van der Waals surface area contributed by atoms with Gasteiger partial charge in [0, 0.05) is 16.8 Å². The van der Waals surface area contributed by atoms with Crippen LogP contribution in [-0.2, 0) is 4.79 Å². The van der Waals surface area contributed by atoms with E-state index in [4.69, 9.17) is 11.6 Å². The van der Waals surface area contributed by atoms with Gasteiger partial charge in [0.05, 0.1) is 6.54 Å². The predicted octanol–water partition coefficient (Wildman–Crippen LogP) is 3.61. The number of anilines is 1. The number of hydrogen-bond acceptors (Lipinski definition) is 2. The van der Waals surface area contributed by atoms with E-state index in [2.05, 4.69) is 24.5 Å². The average molecular weight is 295 g/mol. The number of rotatable bonds is 4. The van der Waals surface area contributed by atoms with E-state index in [9.17, 15) is 4.79 Å². The van der Waals surface area contributed by atoms with Crippen molar-refractivity contribution in [2.75, 3.05) is 11.9 Å². The third-order valence-electron chi connectivity index (χ3n) is 4.46. The van der Waals surface area contributed by atoms with E-state index in [-0.39, 0.29) is 5.91 Å². The van der Waals surface area contributed by atoms with E-state index >= 15 is 0 Å². The number of aryl methyl sites for hydroxylation is 1. The Hall–Kier alpha value is -1.06. The Balaban J connectivity index is 1.85. The molecule has 1 saturated carbocycles. The summed E-state index contributed by atoms with van der Waals surface area (Å²) in [6, 6.07) is 5.98. The number of carbonyl (C=O) groups is 1. The second kappa shape index (κ2) is 6.59. The van der Waals surface area contributed by atoms with Crippen LogP contribution in [0.25, 0.3) is 0 Å².